The zero-order valence-electron chi connectivity index (χ0n) is 15.6. The van der Waals surface area contributed by atoms with E-state index in [1.54, 1.807) is 6.92 Å². The van der Waals surface area contributed by atoms with Crippen LogP contribution in [0.2, 0.25) is 10.0 Å². The molecule has 1 N–H and O–H groups in total. The molecule has 5 rings (SSSR count). The number of hydrogen-bond acceptors (Lipinski definition) is 4. The second-order valence-electron chi connectivity index (χ2n) is 8.89. The summed E-state index contributed by atoms with van der Waals surface area (Å²) in [6, 6.07) is 1.49. The molecule has 2 unspecified atom stereocenters. The average Bonchev–Trinajstić information content (AvgIpc) is 2.54. The number of nitrogens with zero attached hydrogens (tertiary/aromatic N) is 1. The lowest BCUT2D eigenvalue weighted by Gasteiger charge is -2.60. The highest BCUT2D eigenvalue weighted by Crippen LogP contribution is 2.65. The van der Waals surface area contributed by atoms with Crippen LogP contribution in [0.5, 0.6) is 0 Å². The first-order valence-electron chi connectivity index (χ1n) is 9.66. The molecule has 1 amide bonds. The van der Waals surface area contributed by atoms with E-state index in [1.807, 2.05) is 0 Å². The number of carbonyl (C=O) groups is 2. The number of hydrogen-bond donors (Lipinski definition) is 1. The smallest absolute Gasteiger partial charge is 0.307 e. The molecule has 0 radical (unpaired) electrons. The highest BCUT2D eigenvalue weighted by molar-refractivity contribution is 9.10. The molecule has 152 valence electrons. The van der Waals surface area contributed by atoms with Crippen LogP contribution in [0.4, 0.5) is 5.82 Å². The van der Waals surface area contributed by atoms with Crippen LogP contribution in [-0.4, -0.2) is 27.3 Å². The fourth-order valence-corrected chi connectivity index (χ4v) is 7.80. The predicted molar refractivity (Wildman–Crippen MR) is 112 cm³/mol. The Hall–Kier alpha value is -0.850. The minimum atomic E-state index is -0.923. The first-order chi connectivity index (χ1) is 13.2. The van der Waals surface area contributed by atoms with Crippen molar-refractivity contribution in [3.05, 3.63) is 22.3 Å². The highest BCUT2D eigenvalue weighted by Gasteiger charge is 2.57. The third-order valence-electron chi connectivity index (χ3n) is 6.36. The van der Waals surface area contributed by atoms with Crippen LogP contribution in [-0.2, 0) is 14.3 Å². The van der Waals surface area contributed by atoms with Crippen LogP contribution in [0.15, 0.2) is 12.3 Å². The van der Waals surface area contributed by atoms with E-state index in [0.29, 0.717) is 23.3 Å². The molecule has 4 bridgehead atoms. The van der Waals surface area contributed by atoms with E-state index in [-0.39, 0.29) is 26.5 Å². The van der Waals surface area contributed by atoms with Gasteiger partial charge in [0.15, 0.2) is 11.9 Å². The van der Waals surface area contributed by atoms with Gasteiger partial charge in [-0.05, 0) is 68.8 Å². The molecule has 1 heterocycles. The van der Waals surface area contributed by atoms with E-state index in [9.17, 15) is 9.59 Å². The Bertz CT molecular complexity index is 805. The number of esters is 1. The summed E-state index contributed by atoms with van der Waals surface area (Å²) in [6.45, 7) is 1.56. The number of anilines is 1. The van der Waals surface area contributed by atoms with Gasteiger partial charge in [-0.15, -0.1) is 0 Å². The second kappa shape index (κ2) is 7.44. The van der Waals surface area contributed by atoms with E-state index in [1.165, 1.54) is 31.5 Å². The van der Waals surface area contributed by atoms with Crippen LogP contribution in [0.1, 0.15) is 51.9 Å². The van der Waals surface area contributed by atoms with Crippen LogP contribution in [0.25, 0.3) is 0 Å². The lowest BCUT2D eigenvalue weighted by Crippen LogP contribution is -2.53. The van der Waals surface area contributed by atoms with Crippen molar-refractivity contribution >= 4 is 56.8 Å². The summed E-state index contributed by atoms with van der Waals surface area (Å²) in [5.41, 5.74) is 0.0158. The number of halogens is 3. The summed E-state index contributed by atoms with van der Waals surface area (Å²) in [7, 11) is 0. The Balaban J connectivity index is 1.35. The van der Waals surface area contributed by atoms with Crippen molar-refractivity contribution in [3.63, 3.8) is 0 Å². The first kappa shape index (κ1) is 20.4. The van der Waals surface area contributed by atoms with Gasteiger partial charge in [0.1, 0.15) is 0 Å². The van der Waals surface area contributed by atoms with E-state index in [0.717, 1.165) is 19.3 Å². The zero-order valence-corrected chi connectivity index (χ0v) is 18.7. The maximum Gasteiger partial charge on any atom is 0.307 e. The van der Waals surface area contributed by atoms with Gasteiger partial charge in [0.05, 0.1) is 16.5 Å². The zero-order chi connectivity index (χ0) is 20.1. The third-order valence-corrected chi connectivity index (χ3v) is 7.78. The molecule has 0 aromatic carbocycles. The molecule has 0 saturated heterocycles. The van der Waals surface area contributed by atoms with Gasteiger partial charge in [-0.2, -0.15) is 0 Å². The van der Waals surface area contributed by atoms with Gasteiger partial charge in [-0.25, -0.2) is 4.98 Å². The fourth-order valence-electron chi connectivity index (χ4n) is 5.87. The molecule has 1 aromatic heterocycles. The van der Waals surface area contributed by atoms with Crippen LogP contribution < -0.4 is 5.32 Å². The summed E-state index contributed by atoms with van der Waals surface area (Å²) < 4.78 is 5.65. The summed E-state index contributed by atoms with van der Waals surface area (Å²) in [5.74, 6) is 0.823. The lowest BCUT2D eigenvalue weighted by atomic mass is 9.49. The molecule has 4 fully saturated rings. The quantitative estimate of drug-likeness (QED) is 0.445. The average molecular weight is 490 g/mol. The van der Waals surface area contributed by atoms with Gasteiger partial charge in [0.2, 0.25) is 0 Å². The van der Waals surface area contributed by atoms with Gasteiger partial charge >= 0.3 is 5.97 Å². The van der Waals surface area contributed by atoms with Crippen molar-refractivity contribution in [3.8, 4) is 0 Å². The fraction of sp³-hybridized carbons (Fsp3) is 0.650. The third kappa shape index (κ3) is 4.19. The standard InChI is InChI=1S/C20H23BrCl2N2O3/c1-11(18(27)25-17-15(23)3-14(22)9-24-17)28-16(26)8-19-4-12-2-13(5-19)7-20(21,6-12)10-19/h3,9,11-13H,2,4-8,10H2,1H3,(H,24,25,27)/t11-,12-,13+,19?,20?/m0/s1. The van der Waals surface area contributed by atoms with Crippen molar-refractivity contribution < 1.29 is 14.3 Å². The number of carbonyl (C=O) groups excluding carboxylic acids is 2. The van der Waals surface area contributed by atoms with E-state index in [2.05, 4.69) is 26.2 Å². The van der Waals surface area contributed by atoms with Crippen LogP contribution in [0, 0.1) is 17.3 Å². The van der Waals surface area contributed by atoms with E-state index >= 15 is 0 Å². The maximum absolute atomic E-state index is 12.6. The van der Waals surface area contributed by atoms with Crippen LogP contribution in [0.3, 0.4) is 0 Å². The number of rotatable bonds is 5. The molecule has 0 aliphatic heterocycles. The Kier molecular flexibility index (Phi) is 5.43. The summed E-state index contributed by atoms with van der Waals surface area (Å²) in [4.78, 5) is 29.0. The van der Waals surface area contributed by atoms with Gasteiger partial charge in [0.25, 0.3) is 5.91 Å². The number of amides is 1. The molecule has 5 atom stereocenters. The van der Waals surface area contributed by atoms with E-state index in [4.69, 9.17) is 27.9 Å². The molecule has 4 aliphatic carbocycles. The van der Waals surface area contributed by atoms with Gasteiger partial charge in [-0.3, -0.25) is 9.59 Å². The molecule has 28 heavy (non-hydrogen) atoms. The molecule has 8 heteroatoms. The second-order valence-corrected chi connectivity index (χ2v) is 11.4. The van der Waals surface area contributed by atoms with Crippen molar-refractivity contribution in [1.29, 1.82) is 0 Å². The number of alkyl halides is 1. The molecule has 5 nitrogen and oxygen atoms in total. The monoisotopic (exact) mass is 488 g/mol. The summed E-state index contributed by atoms with van der Waals surface area (Å²) in [6.07, 6.45) is 7.78. The number of ether oxygens (including phenoxy) is 1. The predicted octanol–water partition coefficient (Wildman–Crippen LogP) is 5.38. The Morgan fingerprint density at radius 1 is 1.32 bits per heavy atom. The molecule has 0 spiro atoms. The topological polar surface area (TPSA) is 68.3 Å². The Labute approximate surface area is 183 Å². The van der Waals surface area contributed by atoms with Crippen molar-refractivity contribution in [2.75, 3.05) is 5.32 Å². The van der Waals surface area contributed by atoms with E-state index < -0.39 is 12.0 Å². The maximum atomic E-state index is 12.6. The van der Waals surface area contributed by atoms with Gasteiger partial charge in [0, 0.05) is 10.5 Å². The molecular formula is C20H23BrCl2N2O3. The summed E-state index contributed by atoms with van der Waals surface area (Å²) in [5, 5.41) is 3.19. The molecular weight excluding hydrogens is 467 g/mol. The minimum Gasteiger partial charge on any atom is -0.453 e. The van der Waals surface area contributed by atoms with Gasteiger partial charge in [-0.1, -0.05) is 39.1 Å². The SMILES string of the molecule is C[C@H](OC(=O)CC12C[C@@H]3C[C@@H](CC(Br)(C3)C1)C2)C(=O)Nc1ncc(Cl)cc1Cl. The number of aromatic nitrogens is 1. The first-order valence-corrected chi connectivity index (χ1v) is 11.2. The van der Waals surface area contributed by atoms with Crippen molar-refractivity contribution in [2.45, 2.75) is 62.3 Å². The van der Waals surface area contributed by atoms with Crippen LogP contribution >= 0.6 is 39.1 Å². The normalized spacial score (nSPS) is 34.1. The minimum absolute atomic E-state index is 0.0158. The lowest BCUT2D eigenvalue weighted by molar-refractivity contribution is -0.159. The molecule has 1 aromatic rings. The Morgan fingerprint density at radius 3 is 2.61 bits per heavy atom. The molecule has 4 aliphatic rings. The largest absolute Gasteiger partial charge is 0.453 e. The Morgan fingerprint density at radius 2 is 2.00 bits per heavy atom. The van der Waals surface area contributed by atoms with Crippen molar-refractivity contribution in [1.82, 2.24) is 4.98 Å². The number of pyridine rings is 1. The highest BCUT2D eigenvalue weighted by atomic mass is 79.9. The van der Waals surface area contributed by atoms with Crippen molar-refractivity contribution in [2.24, 2.45) is 17.3 Å². The number of nitrogens with one attached hydrogen (secondary N) is 1. The summed E-state index contributed by atoms with van der Waals surface area (Å²) >= 11 is 15.8. The van der Waals surface area contributed by atoms with Gasteiger partial charge < -0.3 is 10.1 Å². The molecule has 4 saturated carbocycles.